The van der Waals surface area contributed by atoms with Gasteiger partial charge in [0.05, 0.1) is 12.2 Å². The van der Waals surface area contributed by atoms with Crippen LogP contribution in [0.3, 0.4) is 0 Å². The van der Waals surface area contributed by atoms with E-state index in [1.165, 1.54) is 6.42 Å². The number of Topliss-reactive ketones (excluding diaryl/α,β-unsaturated/α-hetero) is 1. The maximum absolute atomic E-state index is 12.9. The largest absolute Gasteiger partial charge is 0.302 e. The van der Waals surface area contributed by atoms with Crippen molar-refractivity contribution in [1.82, 2.24) is 0 Å². The van der Waals surface area contributed by atoms with E-state index in [1.807, 2.05) is 25.1 Å². The molecule has 0 unspecified atom stereocenters. The molecule has 4 heteroatoms. The summed E-state index contributed by atoms with van der Waals surface area (Å²) in [5.41, 5.74) is 3.92. The van der Waals surface area contributed by atoms with Gasteiger partial charge in [-0.1, -0.05) is 51.3 Å². The number of hydrogen-bond donors (Lipinski definition) is 0. The quantitative estimate of drug-likeness (QED) is 0.790. The first-order valence-corrected chi connectivity index (χ1v) is 9.93. The van der Waals surface area contributed by atoms with Gasteiger partial charge in [0.15, 0.2) is 5.78 Å². The van der Waals surface area contributed by atoms with Crippen molar-refractivity contribution in [2.45, 2.75) is 59.3 Å². The van der Waals surface area contributed by atoms with Crippen LogP contribution < -0.4 is 4.90 Å². The van der Waals surface area contributed by atoms with Crippen LogP contribution in [0.1, 0.15) is 63.5 Å². The van der Waals surface area contributed by atoms with Crippen LogP contribution in [0.5, 0.6) is 0 Å². The number of anilines is 1. The van der Waals surface area contributed by atoms with Gasteiger partial charge in [0.25, 0.3) is 0 Å². The lowest BCUT2D eigenvalue weighted by Gasteiger charge is -2.27. The molecule has 0 atom stereocenters. The lowest BCUT2D eigenvalue weighted by Crippen LogP contribution is -2.40. The number of rotatable bonds is 5. The first kappa shape index (κ1) is 18.8. The molecule has 1 aliphatic carbocycles. The van der Waals surface area contributed by atoms with Gasteiger partial charge in [0.2, 0.25) is 5.91 Å². The van der Waals surface area contributed by atoms with Gasteiger partial charge in [-0.05, 0) is 37.7 Å². The summed E-state index contributed by atoms with van der Waals surface area (Å²) < 4.78 is 0. The van der Waals surface area contributed by atoms with Crippen molar-refractivity contribution >= 4 is 23.1 Å². The Bertz CT molecular complexity index is 715. The maximum atomic E-state index is 12.9. The van der Waals surface area contributed by atoms with E-state index in [2.05, 4.69) is 18.8 Å². The topological polar surface area (TPSA) is 49.7 Å². The van der Waals surface area contributed by atoms with Gasteiger partial charge in [0, 0.05) is 17.2 Å². The molecule has 1 fully saturated rings. The van der Waals surface area contributed by atoms with Gasteiger partial charge in [-0.2, -0.15) is 0 Å². The Balaban J connectivity index is 1.92. The van der Waals surface area contributed by atoms with E-state index in [0.29, 0.717) is 5.92 Å². The first-order chi connectivity index (χ1) is 12.5. The molecule has 0 saturated heterocycles. The summed E-state index contributed by atoms with van der Waals surface area (Å²) in [6.45, 7) is 6.66. The van der Waals surface area contributed by atoms with Crippen LogP contribution in [0, 0.1) is 18.8 Å². The zero-order valence-corrected chi connectivity index (χ0v) is 16.3. The van der Waals surface area contributed by atoms with E-state index < -0.39 is 0 Å². The van der Waals surface area contributed by atoms with Crippen molar-refractivity contribution in [3.8, 4) is 0 Å². The zero-order chi connectivity index (χ0) is 18.7. The molecule has 0 bridgehead atoms. The summed E-state index contributed by atoms with van der Waals surface area (Å²) >= 11 is 0. The Morgan fingerprint density at radius 2 is 1.96 bits per heavy atom. The average molecular weight is 354 g/mol. The van der Waals surface area contributed by atoms with Gasteiger partial charge in [-0.25, -0.2) is 0 Å². The third-order valence-corrected chi connectivity index (χ3v) is 5.50. The summed E-state index contributed by atoms with van der Waals surface area (Å²) in [6, 6.07) is 6.07. The van der Waals surface area contributed by atoms with Crippen LogP contribution in [0.25, 0.3) is 0 Å². The number of fused-ring (bicyclic) bond motifs is 1. The number of aliphatic imine (C=N–C) groups is 1. The standard InChI is InChI=1S/C22H30N2O2/c1-15(2)12-19-18-11-7-8-16(3)22(18)24(21(26)13-23-19)14-20(25)17-9-5-4-6-10-17/h7-8,11,15,17H,4-6,9-10,12-14H2,1-3H3. The van der Waals surface area contributed by atoms with Crippen molar-refractivity contribution in [2.75, 3.05) is 18.0 Å². The normalized spacial score (nSPS) is 18.5. The molecule has 3 rings (SSSR count). The predicted octanol–water partition coefficient (Wildman–Crippen LogP) is 4.33. The molecule has 1 aromatic rings. The number of aryl methyl sites for hydroxylation is 1. The van der Waals surface area contributed by atoms with Gasteiger partial charge in [-0.3, -0.25) is 14.6 Å². The van der Waals surface area contributed by atoms with Crippen LogP contribution in [0.15, 0.2) is 23.2 Å². The number of carbonyl (C=O) groups excluding carboxylic acids is 2. The summed E-state index contributed by atoms with van der Waals surface area (Å²) in [7, 11) is 0. The minimum atomic E-state index is -0.0662. The molecule has 0 N–H and O–H groups in total. The number of para-hydroxylation sites is 1. The molecule has 0 radical (unpaired) electrons. The number of carbonyl (C=O) groups is 2. The summed E-state index contributed by atoms with van der Waals surface area (Å²) in [6.07, 6.45) is 6.26. The Morgan fingerprint density at radius 1 is 1.23 bits per heavy atom. The number of ketones is 1. The molecule has 26 heavy (non-hydrogen) atoms. The molecule has 140 valence electrons. The maximum Gasteiger partial charge on any atom is 0.249 e. The molecule has 2 aliphatic rings. The minimum absolute atomic E-state index is 0.0662. The molecular formula is C22H30N2O2. The second-order valence-corrected chi connectivity index (χ2v) is 8.11. The predicted molar refractivity (Wildman–Crippen MR) is 106 cm³/mol. The number of amides is 1. The highest BCUT2D eigenvalue weighted by atomic mass is 16.2. The number of hydrogen-bond acceptors (Lipinski definition) is 3. The van der Waals surface area contributed by atoms with Crippen molar-refractivity contribution in [2.24, 2.45) is 16.8 Å². The second kappa shape index (κ2) is 8.15. The third kappa shape index (κ3) is 4.05. The molecule has 4 nitrogen and oxygen atoms in total. The van der Waals surface area contributed by atoms with Gasteiger partial charge < -0.3 is 4.90 Å². The Kier molecular flexibility index (Phi) is 5.90. The molecular weight excluding hydrogens is 324 g/mol. The molecule has 1 heterocycles. The van der Waals surface area contributed by atoms with Crippen LogP contribution in [-0.4, -0.2) is 30.5 Å². The molecule has 0 aromatic heterocycles. The lowest BCUT2D eigenvalue weighted by molar-refractivity contribution is -0.125. The van der Waals surface area contributed by atoms with Crippen molar-refractivity contribution in [3.63, 3.8) is 0 Å². The van der Waals surface area contributed by atoms with E-state index in [9.17, 15) is 9.59 Å². The molecule has 1 saturated carbocycles. The van der Waals surface area contributed by atoms with E-state index in [-0.39, 0.29) is 30.7 Å². The number of nitrogens with zero attached hydrogens (tertiary/aromatic N) is 2. The Labute approximate surface area is 156 Å². The van der Waals surface area contributed by atoms with Crippen molar-refractivity contribution < 1.29 is 9.59 Å². The number of benzodiazepines with no additional fused rings is 1. The molecule has 1 aromatic carbocycles. The third-order valence-electron chi connectivity index (χ3n) is 5.50. The SMILES string of the molecule is Cc1cccc2c1N(CC(=O)C1CCCCC1)C(=O)CN=C2CC(C)C. The smallest absolute Gasteiger partial charge is 0.249 e. The van der Waals surface area contributed by atoms with Gasteiger partial charge in [0.1, 0.15) is 6.54 Å². The highest BCUT2D eigenvalue weighted by Crippen LogP contribution is 2.31. The highest BCUT2D eigenvalue weighted by Gasteiger charge is 2.30. The van der Waals surface area contributed by atoms with Crippen LogP contribution >= 0.6 is 0 Å². The fraction of sp³-hybridized carbons (Fsp3) is 0.591. The van der Waals surface area contributed by atoms with E-state index in [4.69, 9.17) is 0 Å². The van der Waals surface area contributed by atoms with Crippen LogP contribution in [-0.2, 0) is 9.59 Å². The van der Waals surface area contributed by atoms with E-state index >= 15 is 0 Å². The molecule has 1 aliphatic heterocycles. The van der Waals surface area contributed by atoms with Crippen LogP contribution in [0.2, 0.25) is 0 Å². The van der Waals surface area contributed by atoms with Gasteiger partial charge in [-0.15, -0.1) is 0 Å². The van der Waals surface area contributed by atoms with Crippen LogP contribution in [0.4, 0.5) is 5.69 Å². The molecule has 1 amide bonds. The second-order valence-electron chi connectivity index (χ2n) is 8.11. The lowest BCUT2D eigenvalue weighted by atomic mass is 9.86. The number of benzene rings is 1. The Morgan fingerprint density at radius 3 is 2.65 bits per heavy atom. The average Bonchev–Trinajstić information content (AvgIpc) is 2.75. The molecule has 0 spiro atoms. The fourth-order valence-electron chi connectivity index (χ4n) is 4.15. The van der Waals surface area contributed by atoms with Gasteiger partial charge >= 0.3 is 0 Å². The monoisotopic (exact) mass is 354 g/mol. The highest BCUT2D eigenvalue weighted by molar-refractivity contribution is 6.13. The van der Waals surface area contributed by atoms with Crippen molar-refractivity contribution in [3.05, 3.63) is 29.3 Å². The van der Waals surface area contributed by atoms with Crippen molar-refractivity contribution in [1.29, 1.82) is 0 Å². The first-order valence-electron chi connectivity index (χ1n) is 9.93. The minimum Gasteiger partial charge on any atom is -0.302 e. The zero-order valence-electron chi connectivity index (χ0n) is 16.3. The summed E-state index contributed by atoms with van der Waals surface area (Å²) in [5.74, 6) is 0.721. The fourth-order valence-corrected chi connectivity index (χ4v) is 4.15. The van der Waals surface area contributed by atoms with E-state index in [1.54, 1.807) is 4.90 Å². The summed E-state index contributed by atoms with van der Waals surface area (Å²) in [4.78, 5) is 32.0. The summed E-state index contributed by atoms with van der Waals surface area (Å²) in [5, 5.41) is 0. The Hall–Kier alpha value is -1.97. The van der Waals surface area contributed by atoms with E-state index in [0.717, 1.165) is 54.6 Å².